The Labute approximate surface area is 115 Å². The lowest BCUT2D eigenvalue weighted by Gasteiger charge is -2.18. The monoisotopic (exact) mass is 281 g/mol. The SMILES string of the molecule is CC(C#N)CN(C)C(=O)c1cc(Cl)cc([N+](=O)[O-])c1. The van der Waals surface area contributed by atoms with Gasteiger partial charge in [-0.1, -0.05) is 11.6 Å². The number of hydrogen-bond donors (Lipinski definition) is 0. The standard InChI is InChI=1S/C12H12ClN3O3/c1-8(6-14)7-15(2)12(17)9-3-10(13)5-11(4-9)16(18)19/h3-5,8H,7H2,1-2H3. The molecule has 7 heteroatoms. The minimum atomic E-state index is -0.611. The van der Waals surface area contributed by atoms with E-state index in [-0.39, 0.29) is 28.7 Å². The van der Waals surface area contributed by atoms with E-state index in [2.05, 4.69) is 0 Å². The maximum absolute atomic E-state index is 12.1. The minimum absolute atomic E-state index is 0.124. The van der Waals surface area contributed by atoms with Crippen LogP contribution in [0.5, 0.6) is 0 Å². The first kappa shape index (κ1) is 14.9. The van der Waals surface area contributed by atoms with Crippen LogP contribution in [-0.4, -0.2) is 29.3 Å². The van der Waals surface area contributed by atoms with Crippen LogP contribution in [0.4, 0.5) is 5.69 Å². The first-order chi connectivity index (χ1) is 8.85. The summed E-state index contributed by atoms with van der Waals surface area (Å²) in [5.41, 5.74) is -0.107. The average molecular weight is 282 g/mol. The van der Waals surface area contributed by atoms with Gasteiger partial charge in [-0.2, -0.15) is 5.26 Å². The third-order valence-corrected chi connectivity index (χ3v) is 2.67. The lowest BCUT2D eigenvalue weighted by Crippen LogP contribution is -2.30. The van der Waals surface area contributed by atoms with Crippen molar-refractivity contribution in [1.82, 2.24) is 4.90 Å². The van der Waals surface area contributed by atoms with Gasteiger partial charge in [-0.05, 0) is 13.0 Å². The van der Waals surface area contributed by atoms with E-state index < -0.39 is 10.8 Å². The van der Waals surface area contributed by atoms with Crippen LogP contribution in [0, 0.1) is 27.4 Å². The van der Waals surface area contributed by atoms with Gasteiger partial charge >= 0.3 is 0 Å². The molecule has 1 aromatic carbocycles. The van der Waals surface area contributed by atoms with Crippen molar-refractivity contribution in [2.24, 2.45) is 5.92 Å². The van der Waals surface area contributed by atoms with Gasteiger partial charge < -0.3 is 4.90 Å². The summed E-state index contributed by atoms with van der Waals surface area (Å²) >= 11 is 5.75. The van der Waals surface area contributed by atoms with Crippen LogP contribution in [0.2, 0.25) is 5.02 Å². The van der Waals surface area contributed by atoms with Gasteiger partial charge in [0, 0.05) is 36.3 Å². The maximum Gasteiger partial charge on any atom is 0.271 e. The molecule has 1 rings (SSSR count). The fourth-order valence-electron chi connectivity index (χ4n) is 1.56. The molecule has 6 nitrogen and oxygen atoms in total. The fraction of sp³-hybridized carbons (Fsp3) is 0.333. The Morgan fingerprint density at radius 1 is 1.58 bits per heavy atom. The molecule has 0 saturated carbocycles. The van der Waals surface area contributed by atoms with Gasteiger partial charge in [-0.3, -0.25) is 14.9 Å². The highest BCUT2D eigenvalue weighted by atomic mass is 35.5. The summed E-state index contributed by atoms with van der Waals surface area (Å²) in [5.74, 6) is -0.726. The number of nitriles is 1. The average Bonchev–Trinajstić information content (AvgIpc) is 2.36. The zero-order valence-corrected chi connectivity index (χ0v) is 11.2. The van der Waals surface area contributed by atoms with E-state index in [1.165, 1.54) is 30.1 Å². The number of nitro groups is 1. The van der Waals surface area contributed by atoms with E-state index in [0.717, 1.165) is 0 Å². The van der Waals surface area contributed by atoms with Gasteiger partial charge in [0.2, 0.25) is 0 Å². The second kappa shape index (κ2) is 6.16. The van der Waals surface area contributed by atoms with Crippen LogP contribution >= 0.6 is 11.6 Å². The Kier molecular flexibility index (Phi) is 4.84. The number of nitro benzene ring substituents is 1. The summed E-state index contributed by atoms with van der Waals surface area (Å²) < 4.78 is 0. The maximum atomic E-state index is 12.1. The number of rotatable bonds is 4. The van der Waals surface area contributed by atoms with Crippen molar-refractivity contribution in [3.8, 4) is 6.07 Å². The smallest absolute Gasteiger partial charge is 0.271 e. The molecule has 19 heavy (non-hydrogen) atoms. The molecule has 0 aliphatic heterocycles. The molecule has 0 N–H and O–H groups in total. The molecule has 1 atom stereocenters. The quantitative estimate of drug-likeness (QED) is 0.626. The van der Waals surface area contributed by atoms with Crippen molar-refractivity contribution >= 4 is 23.2 Å². The van der Waals surface area contributed by atoms with Gasteiger partial charge in [-0.25, -0.2) is 0 Å². The fourth-order valence-corrected chi connectivity index (χ4v) is 1.79. The van der Waals surface area contributed by atoms with Gasteiger partial charge in [-0.15, -0.1) is 0 Å². The number of benzene rings is 1. The third-order valence-electron chi connectivity index (χ3n) is 2.46. The van der Waals surface area contributed by atoms with Crippen LogP contribution < -0.4 is 0 Å². The molecule has 1 amide bonds. The number of nitrogens with zero attached hydrogens (tertiary/aromatic N) is 3. The highest BCUT2D eigenvalue weighted by molar-refractivity contribution is 6.31. The first-order valence-corrected chi connectivity index (χ1v) is 5.83. The minimum Gasteiger partial charge on any atom is -0.340 e. The summed E-state index contributed by atoms with van der Waals surface area (Å²) in [6, 6.07) is 5.73. The van der Waals surface area contributed by atoms with E-state index in [9.17, 15) is 14.9 Å². The predicted molar refractivity (Wildman–Crippen MR) is 69.8 cm³/mol. The first-order valence-electron chi connectivity index (χ1n) is 5.45. The topological polar surface area (TPSA) is 87.2 Å². The van der Waals surface area contributed by atoms with Crippen LogP contribution in [0.25, 0.3) is 0 Å². The zero-order valence-electron chi connectivity index (χ0n) is 10.5. The Morgan fingerprint density at radius 2 is 2.21 bits per heavy atom. The van der Waals surface area contributed by atoms with E-state index in [4.69, 9.17) is 16.9 Å². The van der Waals surface area contributed by atoms with Crippen LogP contribution in [0.3, 0.4) is 0 Å². The van der Waals surface area contributed by atoms with E-state index >= 15 is 0 Å². The summed E-state index contributed by atoms with van der Waals surface area (Å²) in [6.07, 6.45) is 0. The number of carbonyl (C=O) groups is 1. The Bertz CT molecular complexity index is 554. The predicted octanol–water partition coefficient (Wildman–Crippen LogP) is 2.48. The zero-order chi connectivity index (χ0) is 14.6. The molecule has 0 heterocycles. The molecular weight excluding hydrogens is 270 g/mol. The second-order valence-electron chi connectivity index (χ2n) is 4.17. The van der Waals surface area contributed by atoms with E-state index in [0.29, 0.717) is 0 Å². The number of carbonyl (C=O) groups excluding carboxylic acids is 1. The third kappa shape index (κ3) is 3.93. The molecule has 100 valence electrons. The molecule has 1 unspecified atom stereocenters. The summed E-state index contributed by atoms with van der Waals surface area (Å²) in [6.45, 7) is 1.93. The highest BCUT2D eigenvalue weighted by Crippen LogP contribution is 2.21. The molecule has 0 fully saturated rings. The van der Waals surface area contributed by atoms with Crippen molar-refractivity contribution in [3.63, 3.8) is 0 Å². The van der Waals surface area contributed by atoms with Gasteiger partial charge in [0.1, 0.15) is 0 Å². The van der Waals surface area contributed by atoms with Crippen molar-refractivity contribution in [3.05, 3.63) is 38.9 Å². The molecule has 0 aromatic heterocycles. The highest BCUT2D eigenvalue weighted by Gasteiger charge is 2.18. The van der Waals surface area contributed by atoms with Crippen molar-refractivity contribution < 1.29 is 9.72 Å². The molecule has 0 bridgehead atoms. The number of amides is 1. The molecular formula is C12H12ClN3O3. The van der Waals surface area contributed by atoms with Crippen molar-refractivity contribution in [2.75, 3.05) is 13.6 Å². The van der Waals surface area contributed by atoms with Crippen LogP contribution in [0.1, 0.15) is 17.3 Å². The Hall–Kier alpha value is -2.13. The summed E-state index contributed by atoms with van der Waals surface area (Å²) in [7, 11) is 1.53. The lowest BCUT2D eigenvalue weighted by atomic mass is 10.1. The number of non-ortho nitro benzene ring substituents is 1. The second-order valence-corrected chi connectivity index (χ2v) is 4.61. The molecule has 0 saturated heterocycles. The van der Waals surface area contributed by atoms with E-state index in [1.54, 1.807) is 6.92 Å². The molecule has 0 radical (unpaired) electrons. The van der Waals surface area contributed by atoms with Crippen molar-refractivity contribution in [2.45, 2.75) is 6.92 Å². The van der Waals surface area contributed by atoms with Crippen molar-refractivity contribution in [1.29, 1.82) is 5.26 Å². The lowest BCUT2D eigenvalue weighted by molar-refractivity contribution is -0.384. The number of hydrogen-bond acceptors (Lipinski definition) is 4. The normalized spacial score (nSPS) is 11.5. The largest absolute Gasteiger partial charge is 0.340 e. The Balaban J connectivity index is 3.00. The molecule has 0 aliphatic carbocycles. The molecule has 0 spiro atoms. The van der Waals surface area contributed by atoms with Gasteiger partial charge in [0.15, 0.2) is 0 Å². The Morgan fingerprint density at radius 3 is 2.74 bits per heavy atom. The summed E-state index contributed by atoms with van der Waals surface area (Å²) in [4.78, 5) is 23.5. The van der Waals surface area contributed by atoms with Gasteiger partial charge in [0.25, 0.3) is 11.6 Å². The van der Waals surface area contributed by atoms with Crippen LogP contribution in [0.15, 0.2) is 18.2 Å². The molecule has 1 aromatic rings. The van der Waals surface area contributed by atoms with E-state index in [1.807, 2.05) is 6.07 Å². The molecule has 0 aliphatic rings. The number of halogens is 1. The van der Waals surface area contributed by atoms with Crippen LogP contribution in [-0.2, 0) is 0 Å². The van der Waals surface area contributed by atoms with Gasteiger partial charge in [0.05, 0.1) is 16.9 Å². The summed E-state index contributed by atoms with van der Waals surface area (Å²) in [5, 5.41) is 19.5.